The Morgan fingerprint density at radius 3 is 2.65 bits per heavy atom. The van der Waals surface area contributed by atoms with Crippen LogP contribution < -0.4 is 10.5 Å². The number of nitrogens with two attached hydrogens (primary N) is 1. The smallest absolute Gasteiger partial charge is 0.296 e. The summed E-state index contributed by atoms with van der Waals surface area (Å²) in [4.78, 5) is 14.9. The van der Waals surface area contributed by atoms with Gasteiger partial charge in [-0.3, -0.25) is 4.79 Å². The van der Waals surface area contributed by atoms with E-state index in [1.807, 2.05) is 6.92 Å². The van der Waals surface area contributed by atoms with Gasteiger partial charge in [0.05, 0.1) is 6.61 Å². The molecule has 2 N–H and O–H groups in total. The highest BCUT2D eigenvalue weighted by atomic mass is 16.5. The Bertz CT molecular complexity index is 440. The summed E-state index contributed by atoms with van der Waals surface area (Å²) in [5, 5.41) is 0. The highest BCUT2D eigenvalue weighted by Gasteiger charge is 2.29. The highest BCUT2D eigenvalue weighted by Crippen LogP contribution is 2.25. The van der Waals surface area contributed by atoms with Crippen molar-refractivity contribution in [1.29, 1.82) is 0 Å². The molecule has 5 nitrogen and oxygen atoms in total. The van der Waals surface area contributed by atoms with E-state index in [0.29, 0.717) is 6.61 Å². The van der Waals surface area contributed by atoms with Crippen molar-refractivity contribution in [2.75, 3.05) is 6.61 Å². The summed E-state index contributed by atoms with van der Waals surface area (Å²) in [6, 6.07) is 7.08. The normalized spacial score (nSPS) is 18.8. The summed E-state index contributed by atoms with van der Waals surface area (Å²) in [7, 11) is 0. The van der Waals surface area contributed by atoms with Gasteiger partial charge in [0, 0.05) is 5.56 Å². The van der Waals surface area contributed by atoms with Crippen LogP contribution in [-0.2, 0) is 9.53 Å². The van der Waals surface area contributed by atoms with Crippen LogP contribution in [-0.4, -0.2) is 18.5 Å². The summed E-state index contributed by atoms with van der Waals surface area (Å²) in [6.45, 7) is 2.72. The summed E-state index contributed by atoms with van der Waals surface area (Å²) in [5.74, 6) is 0.402. The standard InChI is InChI=1S/C12H14N2O3/c1-2-7-16-9-5-3-8(4-6-9)10-11(15)14-12(13)17-10/h3-6,10H,2,7H2,1H3,(H2,13,14,15). The second-order valence-electron chi connectivity index (χ2n) is 3.70. The number of aliphatic imine (C=N–C) groups is 1. The molecule has 1 unspecified atom stereocenters. The first-order chi connectivity index (χ1) is 8.20. The molecule has 1 atom stereocenters. The van der Waals surface area contributed by atoms with Crippen molar-refractivity contribution < 1.29 is 14.3 Å². The molecule has 0 bridgehead atoms. The Balaban J connectivity index is 2.06. The molecule has 1 aliphatic rings. The summed E-state index contributed by atoms with van der Waals surface area (Å²) >= 11 is 0. The van der Waals surface area contributed by atoms with Crippen LogP contribution in [0.3, 0.4) is 0 Å². The molecule has 1 aromatic carbocycles. The zero-order valence-electron chi connectivity index (χ0n) is 9.55. The number of hydrogen-bond acceptors (Lipinski definition) is 4. The minimum atomic E-state index is -0.713. The molecule has 0 saturated heterocycles. The molecular formula is C12H14N2O3. The Kier molecular flexibility index (Phi) is 3.27. The van der Waals surface area contributed by atoms with E-state index in [-0.39, 0.29) is 11.9 Å². The van der Waals surface area contributed by atoms with E-state index >= 15 is 0 Å². The summed E-state index contributed by atoms with van der Waals surface area (Å²) in [5.41, 5.74) is 6.06. The molecule has 1 aromatic rings. The lowest BCUT2D eigenvalue weighted by molar-refractivity contribution is -0.122. The van der Waals surface area contributed by atoms with E-state index in [1.54, 1.807) is 24.3 Å². The van der Waals surface area contributed by atoms with E-state index in [0.717, 1.165) is 17.7 Å². The Morgan fingerprint density at radius 2 is 2.12 bits per heavy atom. The fourth-order valence-corrected chi connectivity index (χ4v) is 1.53. The van der Waals surface area contributed by atoms with Crippen molar-refractivity contribution in [1.82, 2.24) is 0 Å². The molecule has 0 spiro atoms. The molecule has 0 saturated carbocycles. The zero-order chi connectivity index (χ0) is 12.3. The lowest BCUT2D eigenvalue weighted by Gasteiger charge is -2.10. The first-order valence-corrected chi connectivity index (χ1v) is 5.48. The van der Waals surface area contributed by atoms with Crippen molar-refractivity contribution in [2.24, 2.45) is 10.7 Å². The Hall–Kier alpha value is -2.04. The molecule has 2 rings (SSSR count). The number of carbonyl (C=O) groups excluding carboxylic acids is 1. The SMILES string of the molecule is CCCOc1ccc(C2OC(N)=NC2=O)cc1. The second-order valence-corrected chi connectivity index (χ2v) is 3.70. The van der Waals surface area contributed by atoms with Gasteiger partial charge < -0.3 is 15.2 Å². The number of rotatable bonds is 4. The van der Waals surface area contributed by atoms with Crippen LogP contribution in [0.5, 0.6) is 5.75 Å². The van der Waals surface area contributed by atoms with Crippen LogP contribution in [0, 0.1) is 0 Å². The van der Waals surface area contributed by atoms with Gasteiger partial charge in [-0.2, -0.15) is 4.99 Å². The van der Waals surface area contributed by atoms with Crippen molar-refractivity contribution in [3.05, 3.63) is 29.8 Å². The lowest BCUT2D eigenvalue weighted by Crippen LogP contribution is -2.13. The topological polar surface area (TPSA) is 73.9 Å². The first kappa shape index (κ1) is 11.4. The fraction of sp³-hybridized carbons (Fsp3) is 0.333. The molecule has 0 aromatic heterocycles. The quantitative estimate of drug-likeness (QED) is 0.854. The average molecular weight is 234 g/mol. The average Bonchev–Trinajstić information content (AvgIpc) is 2.66. The lowest BCUT2D eigenvalue weighted by atomic mass is 10.1. The van der Waals surface area contributed by atoms with Crippen LogP contribution in [0.1, 0.15) is 25.0 Å². The highest BCUT2D eigenvalue weighted by molar-refractivity contribution is 5.98. The fourth-order valence-electron chi connectivity index (χ4n) is 1.53. The van der Waals surface area contributed by atoms with Gasteiger partial charge in [-0.05, 0) is 18.6 Å². The van der Waals surface area contributed by atoms with Gasteiger partial charge in [0.25, 0.3) is 11.9 Å². The van der Waals surface area contributed by atoms with Gasteiger partial charge in [-0.25, -0.2) is 0 Å². The molecular weight excluding hydrogens is 220 g/mol. The van der Waals surface area contributed by atoms with Gasteiger partial charge in [0.1, 0.15) is 5.75 Å². The molecule has 17 heavy (non-hydrogen) atoms. The maximum atomic E-state index is 11.4. The van der Waals surface area contributed by atoms with Crippen LogP contribution in [0.25, 0.3) is 0 Å². The molecule has 1 heterocycles. The van der Waals surface area contributed by atoms with Crippen molar-refractivity contribution in [2.45, 2.75) is 19.4 Å². The Labute approximate surface area is 99.2 Å². The van der Waals surface area contributed by atoms with E-state index in [9.17, 15) is 4.79 Å². The van der Waals surface area contributed by atoms with Crippen LogP contribution in [0.2, 0.25) is 0 Å². The first-order valence-electron chi connectivity index (χ1n) is 5.48. The number of nitrogens with zero attached hydrogens (tertiary/aromatic N) is 1. The number of amides is 1. The zero-order valence-corrected chi connectivity index (χ0v) is 9.55. The number of benzene rings is 1. The summed E-state index contributed by atoms with van der Waals surface area (Å²) < 4.78 is 10.6. The number of amidine groups is 1. The van der Waals surface area contributed by atoms with Crippen molar-refractivity contribution >= 4 is 11.9 Å². The molecule has 1 aliphatic heterocycles. The molecule has 5 heteroatoms. The van der Waals surface area contributed by atoms with E-state index in [2.05, 4.69) is 4.99 Å². The van der Waals surface area contributed by atoms with Gasteiger partial charge >= 0.3 is 0 Å². The van der Waals surface area contributed by atoms with Gasteiger partial charge in [0.15, 0.2) is 0 Å². The third-order valence-corrected chi connectivity index (χ3v) is 2.34. The molecule has 0 fully saturated rings. The molecule has 90 valence electrons. The minimum Gasteiger partial charge on any atom is -0.494 e. The van der Waals surface area contributed by atoms with Gasteiger partial charge in [-0.15, -0.1) is 0 Å². The monoisotopic (exact) mass is 234 g/mol. The van der Waals surface area contributed by atoms with Crippen molar-refractivity contribution in [3.8, 4) is 5.75 Å². The van der Waals surface area contributed by atoms with Crippen LogP contribution in [0.15, 0.2) is 29.3 Å². The van der Waals surface area contributed by atoms with Gasteiger partial charge in [-0.1, -0.05) is 19.1 Å². The van der Waals surface area contributed by atoms with Crippen LogP contribution in [0.4, 0.5) is 0 Å². The maximum absolute atomic E-state index is 11.4. The van der Waals surface area contributed by atoms with E-state index in [4.69, 9.17) is 15.2 Å². The van der Waals surface area contributed by atoms with Crippen LogP contribution >= 0.6 is 0 Å². The predicted octanol–water partition coefficient (Wildman–Crippen LogP) is 1.39. The number of hydrogen-bond donors (Lipinski definition) is 1. The Morgan fingerprint density at radius 1 is 1.41 bits per heavy atom. The largest absolute Gasteiger partial charge is 0.494 e. The third kappa shape index (κ3) is 2.55. The summed E-state index contributed by atoms with van der Waals surface area (Å²) in [6.07, 6.45) is 0.242. The third-order valence-electron chi connectivity index (χ3n) is 2.34. The molecule has 0 aliphatic carbocycles. The maximum Gasteiger partial charge on any atom is 0.296 e. The van der Waals surface area contributed by atoms with E-state index < -0.39 is 6.10 Å². The van der Waals surface area contributed by atoms with Gasteiger partial charge in [0.2, 0.25) is 6.10 Å². The minimum absolute atomic E-state index is 0.0775. The predicted molar refractivity (Wildman–Crippen MR) is 62.7 cm³/mol. The van der Waals surface area contributed by atoms with Crippen molar-refractivity contribution in [3.63, 3.8) is 0 Å². The molecule has 1 amide bonds. The number of carbonyl (C=O) groups is 1. The number of ether oxygens (including phenoxy) is 2. The molecule has 0 radical (unpaired) electrons. The second kappa shape index (κ2) is 4.86. The van der Waals surface area contributed by atoms with E-state index in [1.165, 1.54) is 0 Å².